The average Bonchev–Trinajstić information content (AvgIpc) is 2.79. The fourth-order valence-corrected chi connectivity index (χ4v) is 2.69. The van der Waals surface area contributed by atoms with Crippen molar-refractivity contribution in [3.05, 3.63) is 35.4 Å². The number of nitrogens with zero attached hydrogens (tertiary/aromatic N) is 3. The largest absolute Gasteiger partial charge is 0.505 e. The molecular weight excluding hydrogens is 279 g/mol. The number of rotatable bonds is 2. The second-order valence-electron chi connectivity index (χ2n) is 5.03. The van der Waals surface area contributed by atoms with Crippen LogP contribution in [0.15, 0.2) is 18.2 Å². The van der Waals surface area contributed by atoms with Crippen molar-refractivity contribution < 1.29 is 19.4 Å². The van der Waals surface area contributed by atoms with Gasteiger partial charge in [0.25, 0.3) is 0 Å². The summed E-state index contributed by atoms with van der Waals surface area (Å²) in [6, 6.07) is 3.89. The van der Waals surface area contributed by atoms with E-state index in [1.165, 1.54) is 12.1 Å². The van der Waals surface area contributed by atoms with Gasteiger partial charge in [-0.2, -0.15) is 4.98 Å². The SMILES string of the molecule is Nc1nc2n(n1)CC(c1ccc(O)c(F)c1)C(C(=O)O)C2. The van der Waals surface area contributed by atoms with Gasteiger partial charge in [0, 0.05) is 12.3 Å². The van der Waals surface area contributed by atoms with E-state index in [0.29, 0.717) is 11.4 Å². The van der Waals surface area contributed by atoms with Crippen molar-refractivity contribution in [3.63, 3.8) is 0 Å². The Morgan fingerprint density at radius 2 is 2.24 bits per heavy atom. The van der Waals surface area contributed by atoms with Gasteiger partial charge >= 0.3 is 5.97 Å². The standard InChI is InChI=1S/C13H13FN4O3/c14-9-3-6(1-2-10(9)19)8-5-18-11(16-13(15)17-18)4-7(8)12(20)21/h1-3,7-8,19H,4-5H2,(H2,15,17)(H,20,21). The van der Waals surface area contributed by atoms with Crippen LogP contribution in [-0.4, -0.2) is 30.9 Å². The van der Waals surface area contributed by atoms with Crippen LogP contribution in [0.1, 0.15) is 17.3 Å². The number of nitrogens with two attached hydrogens (primary N) is 1. The van der Waals surface area contributed by atoms with Crippen LogP contribution in [0.5, 0.6) is 5.75 Å². The molecule has 2 unspecified atom stereocenters. The zero-order valence-corrected chi connectivity index (χ0v) is 10.9. The average molecular weight is 292 g/mol. The molecule has 4 N–H and O–H groups in total. The molecule has 0 fully saturated rings. The third kappa shape index (κ3) is 2.28. The summed E-state index contributed by atoms with van der Waals surface area (Å²) in [4.78, 5) is 15.5. The second kappa shape index (κ2) is 4.72. The third-order valence-corrected chi connectivity index (χ3v) is 3.74. The predicted octanol–water partition coefficient (Wildman–Crippen LogP) is 0.746. The number of aromatic hydroxyl groups is 1. The molecule has 1 aliphatic rings. The molecule has 0 saturated heterocycles. The molecule has 0 aliphatic carbocycles. The Bertz CT molecular complexity index is 715. The number of hydrogen-bond acceptors (Lipinski definition) is 5. The van der Waals surface area contributed by atoms with Crippen LogP contribution in [0.3, 0.4) is 0 Å². The van der Waals surface area contributed by atoms with E-state index in [1.54, 1.807) is 4.68 Å². The molecule has 1 aliphatic heterocycles. The molecule has 0 bridgehead atoms. The smallest absolute Gasteiger partial charge is 0.307 e. The first-order chi connectivity index (χ1) is 9.95. The van der Waals surface area contributed by atoms with E-state index < -0.39 is 29.4 Å². The number of halogens is 1. The van der Waals surface area contributed by atoms with E-state index in [4.69, 9.17) is 5.73 Å². The van der Waals surface area contributed by atoms with Crippen LogP contribution in [0.4, 0.5) is 10.3 Å². The summed E-state index contributed by atoms with van der Waals surface area (Å²) in [5.41, 5.74) is 6.02. The molecule has 8 heteroatoms. The first-order valence-corrected chi connectivity index (χ1v) is 6.36. The summed E-state index contributed by atoms with van der Waals surface area (Å²) in [7, 11) is 0. The van der Waals surface area contributed by atoms with Gasteiger partial charge in [0.1, 0.15) is 5.82 Å². The van der Waals surface area contributed by atoms with Crippen molar-refractivity contribution in [2.75, 3.05) is 5.73 Å². The summed E-state index contributed by atoms with van der Waals surface area (Å²) in [6.07, 6.45) is 0.173. The van der Waals surface area contributed by atoms with Crippen molar-refractivity contribution in [1.29, 1.82) is 0 Å². The third-order valence-electron chi connectivity index (χ3n) is 3.74. The zero-order chi connectivity index (χ0) is 15.1. The van der Waals surface area contributed by atoms with Crippen LogP contribution in [0, 0.1) is 11.7 Å². The lowest BCUT2D eigenvalue weighted by Crippen LogP contribution is -2.33. The Morgan fingerprint density at radius 3 is 2.90 bits per heavy atom. The van der Waals surface area contributed by atoms with Gasteiger partial charge in [0.15, 0.2) is 11.6 Å². The van der Waals surface area contributed by atoms with Gasteiger partial charge in [0.2, 0.25) is 5.95 Å². The van der Waals surface area contributed by atoms with Crippen molar-refractivity contribution in [1.82, 2.24) is 14.8 Å². The lowest BCUT2D eigenvalue weighted by atomic mass is 9.81. The molecule has 1 aromatic heterocycles. The fourth-order valence-electron chi connectivity index (χ4n) is 2.69. The van der Waals surface area contributed by atoms with Crippen LogP contribution in [-0.2, 0) is 17.8 Å². The molecule has 2 aromatic rings. The monoisotopic (exact) mass is 292 g/mol. The molecule has 110 valence electrons. The van der Waals surface area contributed by atoms with Gasteiger partial charge in [-0.3, -0.25) is 4.79 Å². The van der Waals surface area contributed by atoms with E-state index in [2.05, 4.69) is 10.1 Å². The normalized spacial score (nSPS) is 21.0. The molecule has 7 nitrogen and oxygen atoms in total. The van der Waals surface area contributed by atoms with Crippen LogP contribution >= 0.6 is 0 Å². The number of benzene rings is 1. The van der Waals surface area contributed by atoms with Crippen molar-refractivity contribution in [3.8, 4) is 5.75 Å². The molecule has 0 amide bonds. The van der Waals surface area contributed by atoms with Crippen LogP contribution in [0.25, 0.3) is 0 Å². The molecule has 21 heavy (non-hydrogen) atoms. The Labute approximate surface area is 118 Å². The number of fused-ring (bicyclic) bond motifs is 1. The van der Waals surface area contributed by atoms with Gasteiger partial charge in [-0.05, 0) is 17.7 Å². The highest BCUT2D eigenvalue weighted by atomic mass is 19.1. The first-order valence-electron chi connectivity index (χ1n) is 6.36. The molecule has 2 heterocycles. The number of anilines is 1. The maximum absolute atomic E-state index is 13.5. The highest BCUT2D eigenvalue weighted by Gasteiger charge is 2.36. The highest BCUT2D eigenvalue weighted by molar-refractivity contribution is 5.72. The Hall–Kier alpha value is -2.64. The summed E-state index contributed by atoms with van der Waals surface area (Å²) in [5.74, 6) is -2.84. The first kappa shape index (κ1) is 13.3. The van der Waals surface area contributed by atoms with Gasteiger partial charge in [0.05, 0.1) is 12.5 Å². The van der Waals surface area contributed by atoms with Gasteiger partial charge in [-0.1, -0.05) is 6.07 Å². The molecule has 3 rings (SSSR count). The number of carboxylic acid groups (broad SMARTS) is 1. The van der Waals surface area contributed by atoms with Crippen molar-refractivity contribution in [2.24, 2.45) is 5.92 Å². The maximum atomic E-state index is 13.5. The van der Waals surface area contributed by atoms with Gasteiger partial charge in [-0.25, -0.2) is 9.07 Å². The highest BCUT2D eigenvalue weighted by Crippen LogP contribution is 2.35. The van der Waals surface area contributed by atoms with Crippen LogP contribution < -0.4 is 5.73 Å². The van der Waals surface area contributed by atoms with E-state index >= 15 is 0 Å². The fraction of sp³-hybridized carbons (Fsp3) is 0.308. The minimum Gasteiger partial charge on any atom is -0.505 e. The minimum atomic E-state index is -0.985. The van der Waals surface area contributed by atoms with E-state index in [-0.39, 0.29) is 18.9 Å². The summed E-state index contributed by atoms with van der Waals surface area (Å²) in [6.45, 7) is 0.251. The lowest BCUT2D eigenvalue weighted by molar-refractivity contribution is -0.143. The minimum absolute atomic E-state index is 0.0895. The summed E-state index contributed by atoms with van der Waals surface area (Å²) < 4.78 is 15.1. The number of carboxylic acids is 1. The number of carbonyl (C=O) groups is 1. The Morgan fingerprint density at radius 1 is 1.48 bits per heavy atom. The summed E-state index contributed by atoms with van der Waals surface area (Å²) in [5, 5.41) is 22.6. The quantitative estimate of drug-likeness (QED) is 0.752. The maximum Gasteiger partial charge on any atom is 0.307 e. The summed E-state index contributed by atoms with van der Waals surface area (Å²) >= 11 is 0. The Kier molecular flexibility index (Phi) is 3.00. The van der Waals surface area contributed by atoms with E-state index in [0.717, 1.165) is 6.07 Å². The van der Waals surface area contributed by atoms with Gasteiger partial charge in [-0.15, -0.1) is 5.10 Å². The topological polar surface area (TPSA) is 114 Å². The van der Waals surface area contributed by atoms with Crippen molar-refractivity contribution >= 4 is 11.9 Å². The van der Waals surface area contributed by atoms with Crippen LogP contribution in [0.2, 0.25) is 0 Å². The van der Waals surface area contributed by atoms with E-state index in [9.17, 15) is 19.4 Å². The molecule has 0 saturated carbocycles. The number of phenolic OH excluding ortho intramolecular Hbond substituents is 1. The second-order valence-corrected chi connectivity index (χ2v) is 5.03. The number of aliphatic carboxylic acids is 1. The lowest BCUT2D eigenvalue weighted by Gasteiger charge is -2.29. The number of aromatic nitrogens is 3. The zero-order valence-electron chi connectivity index (χ0n) is 10.9. The predicted molar refractivity (Wildman–Crippen MR) is 70.1 cm³/mol. The number of hydrogen-bond donors (Lipinski definition) is 3. The van der Waals surface area contributed by atoms with Crippen molar-refractivity contribution in [2.45, 2.75) is 18.9 Å². The molecule has 0 spiro atoms. The molecule has 2 atom stereocenters. The number of nitrogen functional groups attached to an aromatic ring is 1. The number of phenols is 1. The van der Waals surface area contributed by atoms with Gasteiger partial charge < -0.3 is 15.9 Å². The molecule has 1 aromatic carbocycles. The Balaban J connectivity index is 2.02. The molecular formula is C13H13FN4O3. The van der Waals surface area contributed by atoms with E-state index in [1.807, 2.05) is 0 Å². The molecule has 0 radical (unpaired) electrons.